The molecule has 4 aromatic rings. The monoisotopic (exact) mass is 461 g/mol. The second kappa shape index (κ2) is 9.44. The average molecular weight is 462 g/mol. The molecule has 0 N–H and O–H groups in total. The number of nitrogens with zero attached hydrogens (tertiary/aromatic N) is 5. The van der Waals surface area contributed by atoms with Gasteiger partial charge < -0.3 is 14.2 Å². The number of carbonyl (C=O) groups is 2. The number of ether oxygens (including phenoxy) is 1. The van der Waals surface area contributed by atoms with Crippen molar-refractivity contribution in [3.63, 3.8) is 0 Å². The lowest BCUT2D eigenvalue weighted by molar-refractivity contribution is -0.134. The Morgan fingerprint density at radius 3 is 2.71 bits per heavy atom. The van der Waals surface area contributed by atoms with E-state index >= 15 is 0 Å². The number of para-hydroxylation sites is 2. The fraction of sp³-hybridized carbons (Fsp3) is 0.462. The molecule has 0 aliphatic carbocycles. The van der Waals surface area contributed by atoms with Crippen LogP contribution in [0.3, 0.4) is 0 Å². The zero-order chi connectivity index (χ0) is 23.7. The van der Waals surface area contributed by atoms with Crippen molar-refractivity contribution in [3.05, 3.63) is 36.3 Å². The molecule has 0 saturated carbocycles. The molecule has 1 aliphatic heterocycles. The van der Waals surface area contributed by atoms with E-state index in [0.717, 1.165) is 78.7 Å². The number of likely N-dealkylation sites (tertiary alicyclic amines) is 1. The zero-order valence-corrected chi connectivity index (χ0v) is 19.9. The first kappa shape index (κ1) is 22.4. The minimum atomic E-state index is -0.254. The predicted octanol–water partition coefficient (Wildman–Crippen LogP) is 4.51. The maximum Gasteiger partial charge on any atom is 0.311 e. The first-order valence-electron chi connectivity index (χ1n) is 12.4. The molecule has 0 bridgehead atoms. The van der Waals surface area contributed by atoms with Crippen molar-refractivity contribution in [3.8, 4) is 5.75 Å². The summed E-state index contributed by atoms with van der Waals surface area (Å²) in [4.78, 5) is 36.4. The molecule has 1 fully saturated rings. The lowest BCUT2D eigenvalue weighted by Gasteiger charge is -2.15. The van der Waals surface area contributed by atoms with Crippen molar-refractivity contribution in [2.45, 2.75) is 65.3 Å². The second-order valence-corrected chi connectivity index (χ2v) is 8.98. The van der Waals surface area contributed by atoms with Crippen LogP contribution in [0.2, 0.25) is 0 Å². The largest absolute Gasteiger partial charge is 0.424 e. The highest BCUT2D eigenvalue weighted by Gasteiger charge is 2.23. The molecule has 8 nitrogen and oxygen atoms in total. The molecule has 0 spiro atoms. The van der Waals surface area contributed by atoms with Crippen LogP contribution in [0.4, 0.5) is 0 Å². The SMILES string of the molecule is CCCC(=O)Oc1cn(CCCN2CCCC2=O)c2nc(CCC)n3c4ccccc4nc3c12. The van der Waals surface area contributed by atoms with Crippen molar-refractivity contribution in [1.29, 1.82) is 0 Å². The Morgan fingerprint density at radius 1 is 1.09 bits per heavy atom. The first-order valence-corrected chi connectivity index (χ1v) is 12.4. The Bertz CT molecular complexity index is 1370. The maximum absolute atomic E-state index is 12.4. The number of esters is 1. The second-order valence-electron chi connectivity index (χ2n) is 8.98. The van der Waals surface area contributed by atoms with E-state index in [2.05, 4.69) is 22.0 Å². The van der Waals surface area contributed by atoms with Crippen LogP contribution in [-0.2, 0) is 22.6 Å². The van der Waals surface area contributed by atoms with Crippen LogP contribution in [0.15, 0.2) is 30.5 Å². The number of imidazole rings is 1. The van der Waals surface area contributed by atoms with Gasteiger partial charge in [-0.25, -0.2) is 9.97 Å². The molecule has 0 unspecified atom stereocenters. The predicted molar refractivity (Wildman–Crippen MR) is 131 cm³/mol. The summed E-state index contributed by atoms with van der Waals surface area (Å²) >= 11 is 0. The Hall–Kier alpha value is -3.42. The number of hydrogen-bond acceptors (Lipinski definition) is 5. The lowest BCUT2D eigenvalue weighted by Crippen LogP contribution is -2.26. The molecule has 4 heterocycles. The zero-order valence-electron chi connectivity index (χ0n) is 19.9. The standard InChI is InChI=1S/C26H31N5O3/c1-3-9-21-28-25-24(26-27-18-11-5-6-12-19(18)31(21)26)20(34-23(33)10-4-2)17-30(25)16-8-15-29-14-7-13-22(29)32/h5-6,11-12,17H,3-4,7-10,13-16H2,1-2H3. The van der Waals surface area contributed by atoms with E-state index in [1.165, 1.54) is 0 Å². The molecule has 3 aromatic heterocycles. The molecule has 1 aromatic carbocycles. The number of aromatic nitrogens is 4. The van der Waals surface area contributed by atoms with Gasteiger partial charge >= 0.3 is 5.97 Å². The highest BCUT2D eigenvalue weighted by molar-refractivity contribution is 6.01. The minimum Gasteiger partial charge on any atom is -0.424 e. The molecular formula is C26H31N5O3. The summed E-state index contributed by atoms with van der Waals surface area (Å²) in [6.07, 6.45) is 7.13. The van der Waals surface area contributed by atoms with Crippen LogP contribution in [-0.4, -0.2) is 48.8 Å². The van der Waals surface area contributed by atoms with Crippen molar-refractivity contribution in [2.24, 2.45) is 0 Å². The van der Waals surface area contributed by atoms with Gasteiger partial charge in [0.15, 0.2) is 11.4 Å². The normalized spacial score (nSPS) is 14.2. The van der Waals surface area contributed by atoms with Gasteiger partial charge in [-0.1, -0.05) is 26.0 Å². The molecule has 5 rings (SSSR count). The molecule has 178 valence electrons. The maximum atomic E-state index is 12.4. The third kappa shape index (κ3) is 4.02. The minimum absolute atomic E-state index is 0.237. The molecular weight excluding hydrogens is 430 g/mol. The fourth-order valence-electron chi connectivity index (χ4n) is 4.87. The highest BCUT2D eigenvalue weighted by Crippen LogP contribution is 2.34. The third-order valence-electron chi connectivity index (χ3n) is 6.44. The Balaban J connectivity index is 1.62. The van der Waals surface area contributed by atoms with Crippen LogP contribution in [0, 0.1) is 0 Å². The molecule has 1 aliphatic rings. The first-order chi connectivity index (χ1) is 16.6. The molecule has 0 atom stereocenters. The van der Waals surface area contributed by atoms with Crippen molar-refractivity contribution < 1.29 is 14.3 Å². The van der Waals surface area contributed by atoms with Gasteiger partial charge in [0.2, 0.25) is 5.91 Å². The van der Waals surface area contributed by atoms with Crippen LogP contribution in [0.5, 0.6) is 5.75 Å². The number of rotatable bonds is 9. The summed E-state index contributed by atoms with van der Waals surface area (Å²) in [5.74, 6) is 1.43. The Kier molecular flexibility index (Phi) is 6.22. The summed E-state index contributed by atoms with van der Waals surface area (Å²) in [6, 6.07) is 8.03. The summed E-state index contributed by atoms with van der Waals surface area (Å²) < 4.78 is 9.99. The summed E-state index contributed by atoms with van der Waals surface area (Å²) in [5, 5.41) is 0.762. The molecule has 1 amide bonds. The summed E-state index contributed by atoms with van der Waals surface area (Å²) in [5.41, 5.74) is 3.43. The molecule has 1 saturated heterocycles. The average Bonchev–Trinajstić information content (AvgIpc) is 3.50. The van der Waals surface area contributed by atoms with E-state index in [4.69, 9.17) is 14.7 Å². The topological polar surface area (TPSA) is 81.7 Å². The van der Waals surface area contributed by atoms with Gasteiger partial charge in [0.05, 0.1) is 11.0 Å². The van der Waals surface area contributed by atoms with Crippen LogP contribution in [0.1, 0.15) is 58.2 Å². The van der Waals surface area contributed by atoms with Crippen molar-refractivity contribution in [2.75, 3.05) is 13.1 Å². The van der Waals surface area contributed by atoms with Crippen molar-refractivity contribution >= 4 is 39.6 Å². The lowest BCUT2D eigenvalue weighted by atomic mass is 10.2. The van der Waals surface area contributed by atoms with Gasteiger partial charge in [0, 0.05) is 45.1 Å². The van der Waals surface area contributed by atoms with Gasteiger partial charge in [0.25, 0.3) is 0 Å². The Labute approximate surface area is 198 Å². The van der Waals surface area contributed by atoms with Crippen molar-refractivity contribution in [1.82, 2.24) is 23.8 Å². The van der Waals surface area contributed by atoms with E-state index in [9.17, 15) is 9.59 Å². The summed E-state index contributed by atoms with van der Waals surface area (Å²) in [6.45, 7) is 6.34. The quantitative estimate of drug-likeness (QED) is 0.343. The molecule has 34 heavy (non-hydrogen) atoms. The van der Waals surface area contributed by atoms with E-state index in [1.807, 2.05) is 36.2 Å². The fourth-order valence-corrected chi connectivity index (χ4v) is 4.87. The Morgan fingerprint density at radius 2 is 1.94 bits per heavy atom. The van der Waals surface area contributed by atoms with Gasteiger partial charge in [-0.15, -0.1) is 0 Å². The van der Waals surface area contributed by atoms with Gasteiger partial charge in [-0.2, -0.15) is 0 Å². The number of aryl methyl sites for hydroxylation is 2. The molecule has 0 radical (unpaired) electrons. The van der Waals surface area contributed by atoms with Gasteiger partial charge in [0.1, 0.15) is 16.9 Å². The number of amides is 1. The van der Waals surface area contributed by atoms with Crippen LogP contribution >= 0.6 is 0 Å². The number of hydrogen-bond donors (Lipinski definition) is 0. The number of benzene rings is 1. The summed E-state index contributed by atoms with van der Waals surface area (Å²) in [7, 11) is 0. The number of carbonyl (C=O) groups excluding carboxylic acids is 2. The smallest absolute Gasteiger partial charge is 0.311 e. The van der Waals surface area contributed by atoms with Crippen LogP contribution < -0.4 is 4.74 Å². The van der Waals surface area contributed by atoms with E-state index in [1.54, 1.807) is 0 Å². The third-order valence-corrected chi connectivity index (χ3v) is 6.44. The van der Waals surface area contributed by atoms with Gasteiger partial charge in [-0.05, 0) is 37.8 Å². The molecule has 8 heteroatoms. The van der Waals surface area contributed by atoms with Gasteiger partial charge in [-0.3, -0.25) is 14.0 Å². The van der Waals surface area contributed by atoms with Crippen LogP contribution in [0.25, 0.3) is 27.7 Å². The number of fused-ring (bicyclic) bond motifs is 5. The van der Waals surface area contributed by atoms with E-state index < -0.39 is 0 Å². The van der Waals surface area contributed by atoms with E-state index in [-0.39, 0.29) is 11.9 Å². The highest BCUT2D eigenvalue weighted by atomic mass is 16.5. The van der Waals surface area contributed by atoms with E-state index in [0.29, 0.717) is 25.1 Å².